The van der Waals surface area contributed by atoms with Gasteiger partial charge in [0.1, 0.15) is 12.2 Å². The summed E-state index contributed by atoms with van der Waals surface area (Å²) < 4.78 is 0. The molecule has 0 spiro atoms. The van der Waals surface area contributed by atoms with Gasteiger partial charge in [0.25, 0.3) is 5.91 Å². The van der Waals surface area contributed by atoms with E-state index in [-0.39, 0.29) is 18.4 Å². The first-order valence-corrected chi connectivity index (χ1v) is 5.89. The summed E-state index contributed by atoms with van der Waals surface area (Å²) in [6, 6.07) is 1.57. The van der Waals surface area contributed by atoms with E-state index in [1.54, 1.807) is 26.4 Å². The first-order chi connectivity index (χ1) is 8.45. The van der Waals surface area contributed by atoms with Crippen molar-refractivity contribution < 1.29 is 9.59 Å². The third kappa shape index (κ3) is 3.51. The van der Waals surface area contributed by atoms with Crippen molar-refractivity contribution >= 4 is 17.5 Å². The zero-order chi connectivity index (χ0) is 13.7. The number of hydrogen-bond donors (Lipinski definition) is 2. The molecule has 1 aromatic heterocycles. The second-order valence-electron chi connectivity index (χ2n) is 4.36. The molecule has 0 aliphatic heterocycles. The molecule has 0 radical (unpaired) electrons. The first-order valence-electron chi connectivity index (χ1n) is 5.89. The Kier molecular flexibility index (Phi) is 4.76. The first kappa shape index (κ1) is 14.1. The zero-order valence-electron chi connectivity index (χ0n) is 11.1. The molecule has 0 aromatic carbocycles. The third-order valence-corrected chi connectivity index (χ3v) is 2.54. The van der Waals surface area contributed by atoms with Gasteiger partial charge in [0.05, 0.1) is 0 Å². The molecular weight excluding hydrogens is 232 g/mol. The van der Waals surface area contributed by atoms with E-state index in [4.69, 9.17) is 5.73 Å². The second-order valence-corrected chi connectivity index (χ2v) is 4.36. The van der Waals surface area contributed by atoms with Gasteiger partial charge in [0, 0.05) is 32.5 Å². The van der Waals surface area contributed by atoms with Crippen LogP contribution in [0, 0.1) is 0 Å². The van der Waals surface area contributed by atoms with Crippen LogP contribution >= 0.6 is 0 Å². The van der Waals surface area contributed by atoms with Gasteiger partial charge < -0.3 is 20.5 Å². The molecule has 0 fully saturated rings. The molecule has 18 heavy (non-hydrogen) atoms. The molecule has 1 rings (SSSR count). The summed E-state index contributed by atoms with van der Waals surface area (Å²) in [6.45, 7) is 2.58. The van der Waals surface area contributed by atoms with Gasteiger partial charge in [-0.05, 0) is 12.5 Å². The van der Waals surface area contributed by atoms with Crippen LogP contribution in [0.25, 0.3) is 0 Å². The Balaban J connectivity index is 2.78. The number of H-pyrrole nitrogens is 1. The largest absolute Gasteiger partial charge is 0.397 e. The summed E-state index contributed by atoms with van der Waals surface area (Å²) in [4.78, 5) is 29.6. The maximum Gasteiger partial charge on any atom is 0.270 e. The molecule has 0 bridgehead atoms. The number of nitrogens with two attached hydrogens (primary N) is 1. The number of aromatic nitrogens is 1. The highest BCUT2D eigenvalue weighted by Gasteiger charge is 2.19. The van der Waals surface area contributed by atoms with Crippen molar-refractivity contribution in [2.24, 2.45) is 0 Å². The molecule has 2 amide bonds. The van der Waals surface area contributed by atoms with Crippen LogP contribution < -0.4 is 5.73 Å². The molecule has 1 heterocycles. The number of carbonyl (C=O) groups is 2. The summed E-state index contributed by atoms with van der Waals surface area (Å²) >= 11 is 0. The van der Waals surface area contributed by atoms with Crippen LogP contribution in [-0.2, 0) is 4.79 Å². The third-order valence-electron chi connectivity index (χ3n) is 2.54. The molecule has 0 aliphatic carbocycles. The molecule has 0 saturated heterocycles. The van der Waals surface area contributed by atoms with Gasteiger partial charge >= 0.3 is 0 Å². The number of nitrogen functional groups attached to an aromatic ring is 1. The highest BCUT2D eigenvalue weighted by molar-refractivity contribution is 5.95. The maximum atomic E-state index is 12.2. The Hall–Kier alpha value is -1.98. The highest BCUT2D eigenvalue weighted by atomic mass is 16.2. The molecular formula is C12H20N4O2. The standard InChI is InChI=1S/C12H20N4O2/c1-4-5-16(8-11(17)15(2)3)12(18)10-6-9(13)7-14-10/h6-7,14H,4-5,8,13H2,1-3H3. The molecule has 100 valence electrons. The number of likely N-dealkylation sites (N-methyl/N-ethyl adjacent to an activating group) is 1. The Morgan fingerprint density at radius 3 is 2.50 bits per heavy atom. The van der Waals surface area contributed by atoms with Crippen LogP contribution in [0.1, 0.15) is 23.8 Å². The van der Waals surface area contributed by atoms with Crippen LogP contribution in [-0.4, -0.2) is 53.8 Å². The van der Waals surface area contributed by atoms with Crippen molar-refractivity contribution in [3.63, 3.8) is 0 Å². The van der Waals surface area contributed by atoms with Gasteiger partial charge in [-0.25, -0.2) is 0 Å². The van der Waals surface area contributed by atoms with Gasteiger partial charge in [-0.2, -0.15) is 0 Å². The van der Waals surface area contributed by atoms with E-state index in [2.05, 4.69) is 4.98 Å². The number of nitrogens with zero attached hydrogens (tertiary/aromatic N) is 2. The lowest BCUT2D eigenvalue weighted by atomic mass is 10.3. The molecule has 6 nitrogen and oxygen atoms in total. The molecule has 0 aliphatic rings. The molecule has 3 N–H and O–H groups in total. The lowest BCUT2D eigenvalue weighted by Gasteiger charge is -2.22. The fourth-order valence-corrected chi connectivity index (χ4v) is 1.53. The fraction of sp³-hybridized carbons (Fsp3) is 0.500. The predicted molar refractivity (Wildman–Crippen MR) is 70.1 cm³/mol. The van der Waals surface area contributed by atoms with Crippen LogP contribution in [0.4, 0.5) is 5.69 Å². The number of anilines is 1. The summed E-state index contributed by atoms with van der Waals surface area (Å²) in [5.41, 5.74) is 6.48. The molecule has 0 unspecified atom stereocenters. The minimum atomic E-state index is -0.205. The zero-order valence-corrected chi connectivity index (χ0v) is 11.1. The van der Waals surface area contributed by atoms with E-state index in [0.717, 1.165) is 6.42 Å². The smallest absolute Gasteiger partial charge is 0.270 e. The average Bonchev–Trinajstić information content (AvgIpc) is 2.74. The molecule has 1 aromatic rings. The lowest BCUT2D eigenvalue weighted by Crippen LogP contribution is -2.40. The van der Waals surface area contributed by atoms with Crippen molar-refractivity contribution in [2.45, 2.75) is 13.3 Å². The summed E-state index contributed by atoms with van der Waals surface area (Å²) in [5, 5.41) is 0. The molecule has 0 saturated carbocycles. The fourth-order valence-electron chi connectivity index (χ4n) is 1.53. The van der Waals surface area contributed by atoms with Gasteiger partial charge in [-0.3, -0.25) is 9.59 Å². The highest BCUT2D eigenvalue weighted by Crippen LogP contribution is 2.08. The Morgan fingerprint density at radius 2 is 2.06 bits per heavy atom. The van der Waals surface area contributed by atoms with E-state index in [9.17, 15) is 9.59 Å². The van der Waals surface area contributed by atoms with Crippen LogP contribution in [0.2, 0.25) is 0 Å². The minimum absolute atomic E-state index is 0.0819. The quantitative estimate of drug-likeness (QED) is 0.802. The Bertz CT molecular complexity index is 425. The number of nitrogens with one attached hydrogen (secondary N) is 1. The number of carbonyl (C=O) groups excluding carboxylic acids is 2. The minimum Gasteiger partial charge on any atom is -0.397 e. The maximum absolute atomic E-state index is 12.2. The van der Waals surface area contributed by atoms with Crippen LogP contribution in [0.5, 0.6) is 0 Å². The topological polar surface area (TPSA) is 82.4 Å². The van der Waals surface area contributed by atoms with Crippen LogP contribution in [0.15, 0.2) is 12.3 Å². The number of amides is 2. The van der Waals surface area contributed by atoms with E-state index >= 15 is 0 Å². The van der Waals surface area contributed by atoms with E-state index in [1.807, 2.05) is 6.92 Å². The summed E-state index contributed by atoms with van der Waals surface area (Å²) in [6.07, 6.45) is 2.35. The number of hydrogen-bond acceptors (Lipinski definition) is 3. The SMILES string of the molecule is CCCN(CC(=O)N(C)C)C(=O)c1cc(N)c[nH]1. The molecule has 6 heteroatoms. The van der Waals surface area contributed by atoms with Crippen molar-refractivity contribution in [1.29, 1.82) is 0 Å². The van der Waals surface area contributed by atoms with Crippen molar-refractivity contribution in [3.8, 4) is 0 Å². The van der Waals surface area contributed by atoms with Crippen molar-refractivity contribution in [3.05, 3.63) is 18.0 Å². The van der Waals surface area contributed by atoms with Gasteiger partial charge in [0.15, 0.2) is 0 Å². The van der Waals surface area contributed by atoms with E-state index in [0.29, 0.717) is 17.9 Å². The second kappa shape index (κ2) is 6.09. The van der Waals surface area contributed by atoms with Gasteiger partial charge in [-0.15, -0.1) is 0 Å². The average molecular weight is 252 g/mol. The monoisotopic (exact) mass is 252 g/mol. The summed E-state index contributed by atoms with van der Waals surface area (Å²) in [7, 11) is 3.34. The summed E-state index contributed by atoms with van der Waals surface area (Å²) in [5.74, 6) is -0.305. The van der Waals surface area contributed by atoms with E-state index < -0.39 is 0 Å². The Labute approximate surface area is 107 Å². The number of aromatic amines is 1. The normalized spacial score (nSPS) is 10.2. The Morgan fingerprint density at radius 1 is 1.39 bits per heavy atom. The predicted octanol–water partition coefficient (Wildman–Crippen LogP) is 0.537. The van der Waals surface area contributed by atoms with Crippen molar-refractivity contribution in [2.75, 3.05) is 32.9 Å². The van der Waals surface area contributed by atoms with Crippen LogP contribution in [0.3, 0.4) is 0 Å². The van der Waals surface area contributed by atoms with Gasteiger partial charge in [0.2, 0.25) is 5.91 Å². The van der Waals surface area contributed by atoms with Gasteiger partial charge in [-0.1, -0.05) is 6.92 Å². The van der Waals surface area contributed by atoms with Crippen molar-refractivity contribution in [1.82, 2.24) is 14.8 Å². The number of rotatable bonds is 5. The lowest BCUT2D eigenvalue weighted by molar-refractivity contribution is -0.129. The van der Waals surface area contributed by atoms with E-state index in [1.165, 1.54) is 9.80 Å². The molecule has 0 atom stereocenters.